The van der Waals surface area contributed by atoms with Crippen LogP contribution in [-0.2, 0) is 22.3 Å². The SMILES string of the molecule is N=C(N)N1CCC[C@H]1C1=NC(c2ccc(OCCOCc3ccccc3)c(C(F)(F)F)c2)=CCCO1. The Morgan fingerprint density at radius 1 is 1.17 bits per heavy atom. The van der Waals surface area contributed by atoms with Crippen LogP contribution in [0.3, 0.4) is 0 Å². The van der Waals surface area contributed by atoms with Gasteiger partial charge in [0.05, 0.1) is 31.1 Å². The Morgan fingerprint density at radius 3 is 2.72 bits per heavy atom. The summed E-state index contributed by atoms with van der Waals surface area (Å²) < 4.78 is 58.4. The molecule has 2 aromatic carbocycles. The van der Waals surface area contributed by atoms with E-state index in [1.165, 1.54) is 6.07 Å². The van der Waals surface area contributed by atoms with E-state index in [4.69, 9.17) is 25.4 Å². The fraction of sp³-hybridized carbons (Fsp3) is 0.385. The summed E-state index contributed by atoms with van der Waals surface area (Å²) in [5.41, 5.74) is 6.49. The molecule has 0 spiro atoms. The molecule has 1 saturated heterocycles. The Balaban J connectivity index is 1.48. The lowest BCUT2D eigenvalue weighted by Crippen LogP contribution is -2.44. The van der Waals surface area contributed by atoms with Gasteiger partial charge in [-0.15, -0.1) is 0 Å². The Hall–Kier alpha value is -3.53. The van der Waals surface area contributed by atoms with E-state index < -0.39 is 11.7 Å². The zero-order valence-corrected chi connectivity index (χ0v) is 19.8. The molecule has 192 valence electrons. The predicted molar refractivity (Wildman–Crippen MR) is 131 cm³/mol. The number of guanidine groups is 1. The lowest BCUT2D eigenvalue weighted by atomic mass is 10.1. The molecule has 3 N–H and O–H groups in total. The molecular weight excluding hydrogens is 473 g/mol. The first-order valence-electron chi connectivity index (χ1n) is 11.8. The number of halogens is 3. The highest BCUT2D eigenvalue weighted by Crippen LogP contribution is 2.38. The van der Waals surface area contributed by atoms with E-state index in [0.29, 0.717) is 49.8 Å². The van der Waals surface area contributed by atoms with Gasteiger partial charge in [0, 0.05) is 18.5 Å². The van der Waals surface area contributed by atoms with Crippen LogP contribution in [-0.4, -0.2) is 49.2 Å². The van der Waals surface area contributed by atoms with Gasteiger partial charge in [0.1, 0.15) is 18.4 Å². The second kappa shape index (κ2) is 11.5. The molecule has 36 heavy (non-hydrogen) atoms. The average Bonchev–Trinajstić information content (AvgIpc) is 3.23. The van der Waals surface area contributed by atoms with E-state index in [9.17, 15) is 13.2 Å². The van der Waals surface area contributed by atoms with Crippen molar-refractivity contribution in [3.8, 4) is 5.75 Å². The quantitative estimate of drug-likeness (QED) is 0.307. The number of aliphatic imine (C=N–C) groups is 1. The van der Waals surface area contributed by atoms with Crippen LogP contribution < -0.4 is 10.5 Å². The van der Waals surface area contributed by atoms with E-state index in [1.54, 1.807) is 17.0 Å². The summed E-state index contributed by atoms with van der Waals surface area (Å²) in [7, 11) is 0. The Kier molecular flexibility index (Phi) is 8.14. The van der Waals surface area contributed by atoms with Crippen molar-refractivity contribution < 1.29 is 27.4 Å². The summed E-state index contributed by atoms with van der Waals surface area (Å²) in [6.45, 7) is 1.45. The van der Waals surface area contributed by atoms with Crippen molar-refractivity contribution in [2.24, 2.45) is 10.7 Å². The molecule has 0 bridgehead atoms. The summed E-state index contributed by atoms with van der Waals surface area (Å²) in [6.07, 6.45) is -0.827. The molecular formula is C26H29F3N4O3. The number of hydrogen-bond donors (Lipinski definition) is 2. The third kappa shape index (κ3) is 6.37. The Morgan fingerprint density at radius 2 is 1.97 bits per heavy atom. The first kappa shape index (κ1) is 25.6. The van der Waals surface area contributed by atoms with Crippen LogP contribution in [0.4, 0.5) is 13.2 Å². The minimum absolute atomic E-state index is 0.0172. The molecule has 1 fully saturated rings. The number of nitrogens with one attached hydrogen (secondary N) is 1. The lowest BCUT2D eigenvalue weighted by Gasteiger charge is -2.25. The van der Waals surface area contributed by atoms with Crippen LogP contribution in [0.2, 0.25) is 0 Å². The number of hydrogen-bond acceptors (Lipinski definition) is 5. The van der Waals surface area contributed by atoms with Gasteiger partial charge in [-0.1, -0.05) is 36.4 Å². The predicted octanol–water partition coefficient (Wildman–Crippen LogP) is 4.82. The summed E-state index contributed by atoms with van der Waals surface area (Å²) >= 11 is 0. The van der Waals surface area contributed by atoms with Gasteiger partial charge in [-0.25, -0.2) is 4.99 Å². The second-order valence-corrected chi connectivity index (χ2v) is 8.51. The van der Waals surface area contributed by atoms with Gasteiger partial charge in [0.25, 0.3) is 0 Å². The number of rotatable bonds is 8. The first-order chi connectivity index (χ1) is 17.3. The molecule has 0 amide bonds. The van der Waals surface area contributed by atoms with Crippen molar-refractivity contribution in [2.45, 2.75) is 38.1 Å². The van der Waals surface area contributed by atoms with E-state index in [1.807, 2.05) is 30.3 Å². The summed E-state index contributed by atoms with van der Waals surface area (Å²) in [6, 6.07) is 13.1. The molecule has 0 radical (unpaired) electrons. The molecule has 2 aliphatic heterocycles. The van der Waals surface area contributed by atoms with Crippen LogP contribution in [0.25, 0.3) is 5.70 Å². The van der Waals surface area contributed by atoms with Crippen LogP contribution >= 0.6 is 0 Å². The molecule has 0 saturated carbocycles. The molecule has 0 unspecified atom stereocenters. The van der Waals surface area contributed by atoms with E-state index >= 15 is 0 Å². The zero-order valence-electron chi connectivity index (χ0n) is 19.8. The van der Waals surface area contributed by atoms with E-state index in [0.717, 1.165) is 18.1 Å². The lowest BCUT2D eigenvalue weighted by molar-refractivity contribution is -0.139. The fourth-order valence-electron chi connectivity index (χ4n) is 4.23. The van der Waals surface area contributed by atoms with Crippen molar-refractivity contribution in [3.05, 3.63) is 71.3 Å². The molecule has 2 heterocycles. The largest absolute Gasteiger partial charge is 0.491 e. The van der Waals surface area contributed by atoms with E-state index in [2.05, 4.69) is 4.99 Å². The highest BCUT2D eigenvalue weighted by Gasteiger charge is 2.36. The number of nitrogens with two attached hydrogens (primary N) is 1. The summed E-state index contributed by atoms with van der Waals surface area (Å²) in [5, 5.41) is 7.79. The van der Waals surface area contributed by atoms with Crippen molar-refractivity contribution in [3.63, 3.8) is 0 Å². The highest BCUT2D eigenvalue weighted by molar-refractivity contribution is 5.92. The number of likely N-dealkylation sites (tertiary alicyclic amines) is 1. The number of nitrogens with zero attached hydrogens (tertiary/aromatic N) is 2. The van der Waals surface area contributed by atoms with Crippen molar-refractivity contribution in [2.75, 3.05) is 26.4 Å². The summed E-state index contributed by atoms with van der Waals surface area (Å²) in [4.78, 5) is 6.26. The van der Waals surface area contributed by atoms with Gasteiger partial charge < -0.3 is 24.8 Å². The van der Waals surface area contributed by atoms with Crippen molar-refractivity contribution >= 4 is 17.6 Å². The van der Waals surface area contributed by atoms with Gasteiger partial charge >= 0.3 is 6.18 Å². The van der Waals surface area contributed by atoms with Gasteiger partial charge in [-0.05, 0) is 36.6 Å². The summed E-state index contributed by atoms with van der Waals surface area (Å²) in [5.74, 6) is 0.0332. The van der Waals surface area contributed by atoms with Gasteiger partial charge in [-0.3, -0.25) is 5.41 Å². The molecule has 2 aliphatic rings. The normalized spacial score (nSPS) is 18.2. The van der Waals surface area contributed by atoms with E-state index in [-0.39, 0.29) is 31.0 Å². The zero-order chi connectivity index (χ0) is 25.5. The Bertz CT molecular complexity index is 1120. The van der Waals surface area contributed by atoms with Crippen LogP contribution in [0.5, 0.6) is 5.75 Å². The Labute approximate surface area is 207 Å². The first-order valence-corrected chi connectivity index (χ1v) is 11.8. The topological polar surface area (TPSA) is 93.2 Å². The van der Waals surface area contributed by atoms with Gasteiger partial charge in [0.2, 0.25) is 5.90 Å². The fourth-order valence-corrected chi connectivity index (χ4v) is 4.23. The smallest absolute Gasteiger partial charge is 0.419 e. The third-order valence-corrected chi connectivity index (χ3v) is 5.96. The minimum Gasteiger partial charge on any atom is -0.491 e. The monoisotopic (exact) mass is 502 g/mol. The van der Waals surface area contributed by atoms with Crippen LogP contribution in [0.15, 0.2) is 59.6 Å². The number of benzene rings is 2. The molecule has 4 rings (SSSR count). The van der Waals surface area contributed by atoms with Crippen molar-refractivity contribution in [1.82, 2.24) is 4.90 Å². The maximum atomic E-state index is 13.9. The maximum Gasteiger partial charge on any atom is 0.419 e. The van der Waals surface area contributed by atoms with Gasteiger partial charge in [0.15, 0.2) is 5.96 Å². The molecule has 7 nitrogen and oxygen atoms in total. The standard InChI is InChI=1S/C26H29F3N4O3/c27-26(28,29)20-16-19(10-11-23(20)35-15-14-34-17-18-6-2-1-3-7-18)21-8-5-13-36-24(32-21)22-9-4-12-33(22)25(30)31/h1-3,6-8,10-11,16,22H,4-5,9,12-15,17H2,(H3,30,31)/t22-/m0/s1. The van der Waals surface area contributed by atoms with Crippen molar-refractivity contribution in [1.29, 1.82) is 5.41 Å². The molecule has 0 aliphatic carbocycles. The maximum absolute atomic E-state index is 13.9. The minimum atomic E-state index is -4.61. The number of alkyl halides is 3. The average molecular weight is 503 g/mol. The molecule has 0 aromatic heterocycles. The molecule has 1 atom stereocenters. The van der Waals surface area contributed by atoms with Crippen LogP contribution in [0, 0.1) is 5.41 Å². The third-order valence-electron chi connectivity index (χ3n) is 5.96. The highest BCUT2D eigenvalue weighted by atomic mass is 19.4. The second-order valence-electron chi connectivity index (χ2n) is 8.51. The molecule has 2 aromatic rings. The molecule has 10 heteroatoms. The number of ether oxygens (including phenoxy) is 3. The van der Waals surface area contributed by atoms with Crippen LogP contribution in [0.1, 0.15) is 36.0 Å². The van der Waals surface area contributed by atoms with Gasteiger partial charge in [-0.2, -0.15) is 13.2 Å².